The lowest BCUT2D eigenvalue weighted by Crippen LogP contribution is -1.90. The molecule has 0 aliphatic rings. The Labute approximate surface area is 106 Å². The van der Waals surface area contributed by atoms with Crippen molar-refractivity contribution in [1.82, 2.24) is 4.98 Å². The summed E-state index contributed by atoms with van der Waals surface area (Å²) in [6, 6.07) is 0. The van der Waals surface area contributed by atoms with E-state index in [2.05, 4.69) is 20.9 Å². The minimum absolute atomic E-state index is 0.312. The van der Waals surface area contributed by atoms with Gasteiger partial charge in [0.15, 0.2) is 0 Å². The first-order valence-corrected chi connectivity index (χ1v) is 4.40. The normalized spacial score (nSPS) is 34.8. The van der Waals surface area contributed by atoms with Crippen molar-refractivity contribution < 1.29 is 19.2 Å². The molecule has 68 valence electrons. The molecule has 0 saturated heterocycles. The lowest BCUT2D eigenvalue weighted by Gasteiger charge is -1.99. The Bertz CT molecular complexity index is 636. The quantitative estimate of drug-likeness (QED) is 0.780. The first-order valence-electron chi connectivity index (χ1n) is 9.79. The predicted molar refractivity (Wildman–Crippen MR) is 58.0 cm³/mol. The molecule has 3 heteroatoms. The fourth-order valence-electron chi connectivity index (χ4n) is 0.563. The number of aromatic nitrogens is 1. The fraction of sp³-hybridized carbons (Fsp3) is 0.667. The van der Waals surface area contributed by atoms with E-state index in [1.807, 2.05) is 0 Å². The van der Waals surface area contributed by atoms with E-state index >= 15 is 0 Å². The van der Waals surface area contributed by atoms with Crippen molar-refractivity contribution in [3.63, 3.8) is 0 Å². The lowest BCUT2D eigenvalue weighted by atomic mass is 10.1. The van der Waals surface area contributed by atoms with Crippen LogP contribution >= 0.6 is 27.3 Å². The molecule has 1 aromatic heterocycles. The molecule has 12 heavy (non-hydrogen) atoms. The summed E-state index contributed by atoms with van der Waals surface area (Å²) in [6.07, 6.45) is 0. The van der Waals surface area contributed by atoms with Gasteiger partial charge in [0, 0.05) is 25.1 Å². The van der Waals surface area contributed by atoms with Crippen LogP contribution in [0.1, 0.15) is 69.1 Å². The third-order valence-corrected chi connectivity index (χ3v) is 2.76. The Hall–Kier alpha value is 0.110. The highest BCUT2D eigenvalue weighted by Gasteiger charge is 2.13. The van der Waals surface area contributed by atoms with Crippen LogP contribution in [0.3, 0.4) is 0 Å². The molecule has 0 fully saturated rings. The van der Waals surface area contributed by atoms with Crippen LogP contribution in [0.4, 0.5) is 0 Å². The maximum absolute atomic E-state index is 8.08. The van der Waals surface area contributed by atoms with Crippen molar-refractivity contribution in [3.05, 3.63) is 14.5 Å². The summed E-state index contributed by atoms with van der Waals surface area (Å²) in [4.78, 5) is 3.58. The highest BCUT2D eigenvalue weighted by Crippen LogP contribution is 2.33. The Morgan fingerprint density at radius 1 is 1.42 bits per heavy atom. The van der Waals surface area contributed by atoms with Crippen molar-refractivity contribution in [3.8, 4) is 0 Å². The number of hydrogen-bond donors (Lipinski definition) is 0. The number of nitrogens with zero attached hydrogens (tertiary/aromatic N) is 1. The smallest absolute Gasteiger partial charge is 0.0965 e. The molecule has 0 aliphatic heterocycles. The molecule has 0 aromatic carbocycles. The van der Waals surface area contributed by atoms with Crippen molar-refractivity contribution in [2.45, 2.75) is 39.2 Å². The topological polar surface area (TPSA) is 12.9 Å². The van der Waals surface area contributed by atoms with E-state index in [0.717, 1.165) is 0 Å². The van der Waals surface area contributed by atoms with Crippen LogP contribution in [0, 0.1) is 0 Å². The second kappa shape index (κ2) is 3.88. The lowest BCUT2D eigenvalue weighted by molar-refractivity contribution is 0.790. The second-order valence-electron chi connectivity index (χ2n) is 1.89. The molecule has 0 radical (unpaired) electrons. The molecule has 1 rings (SSSR count). The zero-order valence-electron chi connectivity index (χ0n) is 19.7. The number of rotatable bonds is 2. The zero-order chi connectivity index (χ0) is 21.1. The van der Waals surface area contributed by atoms with Crippen molar-refractivity contribution in [1.29, 1.82) is 0 Å². The van der Waals surface area contributed by atoms with Gasteiger partial charge in [-0.3, -0.25) is 0 Å². The molecule has 0 unspecified atom stereocenters. The molecular formula is C9H14BrNS. The van der Waals surface area contributed by atoms with E-state index in [4.69, 9.17) is 19.2 Å². The van der Waals surface area contributed by atoms with Crippen LogP contribution in [0.5, 0.6) is 0 Å². The van der Waals surface area contributed by atoms with Crippen molar-refractivity contribution in [2.24, 2.45) is 0 Å². The summed E-state index contributed by atoms with van der Waals surface area (Å²) in [6.45, 7) is -13.5. The van der Waals surface area contributed by atoms with Crippen molar-refractivity contribution in [2.75, 3.05) is 0 Å². The van der Waals surface area contributed by atoms with Crippen LogP contribution in [-0.4, -0.2) is 4.98 Å². The largest absolute Gasteiger partial charge is 0.245 e. The van der Waals surface area contributed by atoms with Gasteiger partial charge in [-0.15, -0.1) is 11.3 Å². The van der Waals surface area contributed by atoms with Crippen LogP contribution in [0.25, 0.3) is 0 Å². The van der Waals surface area contributed by atoms with Gasteiger partial charge in [0.05, 0.1) is 14.5 Å². The Morgan fingerprint density at radius 3 is 2.67 bits per heavy atom. The van der Waals surface area contributed by atoms with Crippen LogP contribution in [0.2, 0.25) is 0 Å². The number of hydrogen-bond acceptors (Lipinski definition) is 2. The van der Waals surface area contributed by atoms with E-state index < -0.39 is 49.9 Å². The molecule has 0 aliphatic carbocycles. The van der Waals surface area contributed by atoms with E-state index in [1.165, 1.54) is 0 Å². The van der Waals surface area contributed by atoms with E-state index in [9.17, 15) is 0 Å². The minimum Gasteiger partial charge on any atom is -0.245 e. The molecular weight excluding hydrogens is 234 g/mol. The van der Waals surface area contributed by atoms with E-state index in [-0.39, 0.29) is 3.79 Å². The Morgan fingerprint density at radius 2 is 2.08 bits per heavy atom. The summed E-state index contributed by atoms with van der Waals surface area (Å²) >= 11 is 3.16. The minimum atomic E-state index is -3.39. The molecule has 0 atom stereocenters. The molecule has 1 aromatic rings. The number of thiazole rings is 1. The highest BCUT2D eigenvalue weighted by atomic mass is 79.9. The highest BCUT2D eigenvalue weighted by molar-refractivity contribution is 9.11. The average molecular weight is 262 g/mol. The van der Waals surface area contributed by atoms with Gasteiger partial charge in [0.2, 0.25) is 0 Å². The average Bonchev–Trinajstić information content (AvgIpc) is 2.73. The zero-order valence-corrected chi connectivity index (χ0v) is 8.14. The van der Waals surface area contributed by atoms with Gasteiger partial charge in [0.1, 0.15) is 0 Å². The van der Waals surface area contributed by atoms with Gasteiger partial charge in [-0.2, -0.15) is 0 Å². The second-order valence-corrected chi connectivity index (χ2v) is 4.21. The predicted octanol–water partition coefficient (Wildman–Crippen LogP) is 4.15. The third-order valence-electron chi connectivity index (χ3n) is 1.04. The first kappa shape index (κ1) is 2.19. The molecule has 0 saturated carbocycles. The third kappa shape index (κ3) is 2.07. The molecule has 1 nitrogen and oxygen atoms in total. The maximum atomic E-state index is 8.08. The van der Waals surface area contributed by atoms with Gasteiger partial charge in [-0.05, 0) is 21.8 Å². The molecule has 0 bridgehead atoms. The SMILES string of the molecule is [2H]C([2H])([2H])C([2H])(c1nc(C([2H])(C([2H])([2H])[2H])C([2H])([2H])[2H])c(Br)s1)C([2H])([2H])[2H]. The first-order chi connectivity index (χ1) is 11.1. The Balaban J connectivity index is 3.83. The summed E-state index contributed by atoms with van der Waals surface area (Å²) < 4.78 is 105. The maximum Gasteiger partial charge on any atom is 0.0965 e. The molecule has 1 heterocycles. The van der Waals surface area contributed by atoms with Crippen LogP contribution in [0.15, 0.2) is 3.79 Å². The number of halogens is 1. The summed E-state index contributed by atoms with van der Waals surface area (Å²) in [5, 5.41) is -0.829. The fourth-order valence-corrected chi connectivity index (χ4v) is 1.96. The summed E-state index contributed by atoms with van der Waals surface area (Å²) in [7, 11) is 0. The standard InChI is InChI=1S/C9H14BrNS/c1-5(2)7-8(10)12-9(11-7)6(3)4/h5-6H,1-4H3/i1D3,2D3,3D3,4D3,5D,6D. The van der Waals surface area contributed by atoms with Crippen LogP contribution in [-0.2, 0) is 0 Å². The van der Waals surface area contributed by atoms with Crippen LogP contribution < -0.4 is 0 Å². The van der Waals surface area contributed by atoms with E-state index in [0.29, 0.717) is 11.3 Å². The van der Waals surface area contributed by atoms with Gasteiger partial charge in [0.25, 0.3) is 0 Å². The molecule has 0 amide bonds. The summed E-state index contributed by atoms with van der Waals surface area (Å²) in [5.74, 6) is -6.48. The van der Waals surface area contributed by atoms with Gasteiger partial charge in [-0.1, -0.05) is 27.4 Å². The summed E-state index contributed by atoms with van der Waals surface area (Å²) in [5.41, 5.74) is -0.859. The van der Waals surface area contributed by atoms with E-state index in [1.54, 1.807) is 0 Å². The van der Waals surface area contributed by atoms with Crippen molar-refractivity contribution >= 4 is 27.3 Å². The molecule has 0 N–H and O–H groups in total. The van der Waals surface area contributed by atoms with Gasteiger partial charge in [-0.25, -0.2) is 4.98 Å². The molecule has 0 spiro atoms. The monoisotopic (exact) mass is 261 g/mol. The Kier molecular flexibility index (Phi) is 0.709. The van der Waals surface area contributed by atoms with Gasteiger partial charge < -0.3 is 0 Å². The van der Waals surface area contributed by atoms with Gasteiger partial charge >= 0.3 is 0 Å².